The van der Waals surface area contributed by atoms with Gasteiger partial charge in [-0.1, -0.05) is 0 Å². The zero-order chi connectivity index (χ0) is 11.4. The first-order valence-corrected chi connectivity index (χ1v) is 3.11. The van der Waals surface area contributed by atoms with Gasteiger partial charge in [0.2, 0.25) is 0 Å². The summed E-state index contributed by atoms with van der Waals surface area (Å²) in [5.41, 5.74) is 0. The molecule has 14 heavy (non-hydrogen) atoms. The third-order valence-corrected chi connectivity index (χ3v) is 0.835. The summed E-state index contributed by atoms with van der Waals surface area (Å²) in [6, 6.07) is 0. The average Bonchev–Trinajstić information content (AvgIpc) is 1.99. The number of carbonyl (C=O) groups is 1. The topological polar surface area (TPSA) is 26.3 Å². The highest BCUT2D eigenvalue weighted by molar-refractivity contribution is 5.82. The van der Waals surface area contributed by atoms with E-state index in [-0.39, 0.29) is 6.08 Å². The summed E-state index contributed by atoms with van der Waals surface area (Å²) in [6.07, 6.45) is -12.3. The smallest absolute Gasteiger partial charge is 0.410 e. The van der Waals surface area contributed by atoms with Crippen LogP contribution in [0.5, 0.6) is 0 Å². The Bertz CT molecular complexity index is 221. The molecule has 0 radical (unpaired) electrons. The first kappa shape index (κ1) is 12.8. The number of ether oxygens (including phenoxy) is 1. The fourth-order valence-corrected chi connectivity index (χ4v) is 0.364. The summed E-state index contributed by atoms with van der Waals surface area (Å²) in [5.74, 6) is -1.82. The lowest BCUT2D eigenvalue weighted by Crippen LogP contribution is -2.19. The third kappa shape index (κ3) is 6.32. The molecule has 1 unspecified atom stereocenters. The van der Waals surface area contributed by atoms with Gasteiger partial charge in [-0.15, -0.1) is 0 Å². The third-order valence-electron chi connectivity index (χ3n) is 0.835. The van der Waals surface area contributed by atoms with Gasteiger partial charge in [0.25, 0.3) is 0 Å². The fraction of sp³-hybridized carbons (Fsp3) is 0.500. The summed E-state index contributed by atoms with van der Waals surface area (Å²) >= 11 is 0. The van der Waals surface area contributed by atoms with Gasteiger partial charge in [-0.05, 0) is 0 Å². The molecule has 1 atom stereocenters. The van der Waals surface area contributed by atoms with Crippen LogP contribution < -0.4 is 0 Å². The zero-order valence-electron chi connectivity index (χ0n) is 6.39. The summed E-state index contributed by atoms with van der Waals surface area (Å²) in [7, 11) is 0. The highest BCUT2D eigenvalue weighted by Gasteiger charge is 2.25. The van der Waals surface area contributed by atoms with E-state index >= 15 is 0 Å². The number of halogens is 6. The highest BCUT2D eigenvalue weighted by atomic mass is 19.4. The molecule has 0 saturated carbocycles. The van der Waals surface area contributed by atoms with Crippen molar-refractivity contribution in [1.29, 1.82) is 0 Å². The second-order valence-corrected chi connectivity index (χ2v) is 2.00. The number of esters is 1. The summed E-state index contributed by atoms with van der Waals surface area (Å²) < 4.78 is 72.0. The Kier molecular flexibility index (Phi) is 4.45. The summed E-state index contributed by atoms with van der Waals surface area (Å²) in [6.45, 7) is 0. The van der Waals surface area contributed by atoms with Crippen LogP contribution in [0.15, 0.2) is 12.2 Å². The quantitative estimate of drug-likeness (QED) is 0.415. The van der Waals surface area contributed by atoms with Gasteiger partial charge < -0.3 is 4.74 Å². The molecule has 0 spiro atoms. The summed E-state index contributed by atoms with van der Waals surface area (Å²) in [4.78, 5) is 10.2. The normalized spacial score (nSPS) is 14.8. The van der Waals surface area contributed by atoms with Crippen LogP contribution in [0.1, 0.15) is 0 Å². The molecule has 0 N–H and O–H groups in total. The van der Waals surface area contributed by atoms with Crippen LogP contribution in [-0.4, -0.2) is 24.9 Å². The van der Waals surface area contributed by atoms with Crippen molar-refractivity contribution in [2.45, 2.75) is 19.0 Å². The van der Waals surface area contributed by atoms with Gasteiger partial charge in [-0.25, -0.2) is 13.6 Å². The van der Waals surface area contributed by atoms with Gasteiger partial charge in [0.05, 0.1) is 0 Å². The van der Waals surface area contributed by atoms with Crippen molar-refractivity contribution in [3.05, 3.63) is 12.2 Å². The van der Waals surface area contributed by atoms with E-state index in [1.165, 1.54) is 0 Å². The molecule has 0 aromatic carbocycles. The number of carbonyl (C=O) groups excluding carboxylic acids is 1. The van der Waals surface area contributed by atoms with Crippen molar-refractivity contribution in [1.82, 2.24) is 0 Å². The van der Waals surface area contributed by atoms with Gasteiger partial charge in [-0.3, -0.25) is 0 Å². The molecule has 8 heteroatoms. The molecule has 0 saturated heterocycles. The van der Waals surface area contributed by atoms with E-state index in [0.29, 0.717) is 0 Å². The second kappa shape index (κ2) is 4.87. The first-order valence-electron chi connectivity index (χ1n) is 3.11. The Labute approximate surface area is 74.1 Å². The van der Waals surface area contributed by atoms with Crippen molar-refractivity contribution in [3.63, 3.8) is 0 Å². The van der Waals surface area contributed by atoms with Crippen molar-refractivity contribution in [2.24, 2.45) is 0 Å². The maximum Gasteiger partial charge on any atom is 0.410 e. The van der Waals surface area contributed by atoms with Crippen LogP contribution in [0.25, 0.3) is 0 Å². The lowest BCUT2D eigenvalue weighted by Gasteiger charge is -2.06. The van der Waals surface area contributed by atoms with E-state index in [9.17, 15) is 31.1 Å². The minimum absolute atomic E-state index is 0.186. The Morgan fingerprint density at radius 2 is 1.71 bits per heavy atom. The van der Waals surface area contributed by atoms with E-state index in [0.717, 1.165) is 0 Å². The van der Waals surface area contributed by atoms with Crippen molar-refractivity contribution < 1.29 is 35.9 Å². The Balaban J connectivity index is 4.06. The number of allylic oxidation sites excluding steroid dienone is 1. The molecular weight excluding hydrogens is 218 g/mol. The number of hydrogen-bond acceptors (Lipinski definition) is 2. The Hall–Kier alpha value is -1.21. The molecule has 0 aromatic rings. The molecule has 0 aliphatic rings. The lowest BCUT2D eigenvalue weighted by molar-refractivity contribution is -0.168. The van der Waals surface area contributed by atoms with Gasteiger partial charge in [-0.2, -0.15) is 17.6 Å². The molecule has 0 fully saturated rings. The van der Waals surface area contributed by atoms with E-state index in [1.54, 1.807) is 0 Å². The molecule has 0 aromatic heterocycles. The van der Waals surface area contributed by atoms with E-state index < -0.39 is 31.0 Å². The van der Waals surface area contributed by atoms with E-state index in [2.05, 4.69) is 4.74 Å². The fourth-order valence-electron chi connectivity index (χ4n) is 0.364. The molecule has 0 aliphatic carbocycles. The van der Waals surface area contributed by atoms with Crippen LogP contribution in [0, 0.1) is 0 Å². The zero-order valence-corrected chi connectivity index (χ0v) is 6.39. The molecular formula is C6H4F6O2. The summed E-state index contributed by atoms with van der Waals surface area (Å²) in [5, 5.41) is 0. The number of rotatable bonds is 3. The van der Waals surface area contributed by atoms with E-state index in [1.807, 2.05) is 0 Å². The molecule has 0 bridgehead atoms. The predicted molar refractivity (Wildman–Crippen MR) is 32.2 cm³/mol. The van der Waals surface area contributed by atoms with Crippen molar-refractivity contribution in [3.8, 4) is 0 Å². The molecule has 2 nitrogen and oxygen atoms in total. The van der Waals surface area contributed by atoms with Crippen LogP contribution >= 0.6 is 0 Å². The SMILES string of the molecule is O=C(C=CC(F)(F)F)OC(F)C(F)F. The molecule has 0 aliphatic heterocycles. The molecule has 0 amide bonds. The minimum Gasteiger partial charge on any atom is -0.422 e. The number of hydrogen-bond donors (Lipinski definition) is 0. The minimum atomic E-state index is -4.78. The van der Waals surface area contributed by atoms with Gasteiger partial charge in [0.1, 0.15) is 0 Å². The van der Waals surface area contributed by atoms with Gasteiger partial charge in [0, 0.05) is 12.2 Å². The first-order chi connectivity index (χ1) is 6.22. The molecule has 0 rings (SSSR count). The Morgan fingerprint density at radius 3 is 2.07 bits per heavy atom. The second-order valence-electron chi connectivity index (χ2n) is 2.00. The van der Waals surface area contributed by atoms with Crippen molar-refractivity contribution >= 4 is 5.97 Å². The monoisotopic (exact) mass is 222 g/mol. The predicted octanol–water partition coefficient (Wildman–Crippen LogP) is 2.21. The van der Waals surface area contributed by atoms with Crippen LogP contribution in [0.4, 0.5) is 26.3 Å². The van der Waals surface area contributed by atoms with Gasteiger partial charge in [0.15, 0.2) is 0 Å². The molecule has 0 heterocycles. The lowest BCUT2D eigenvalue weighted by atomic mass is 10.5. The van der Waals surface area contributed by atoms with Crippen molar-refractivity contribution in [2.75, 3.05) is 0 Å². The number of alkyl halides is 6. The highest BCUT2D eigenvalue weighted by Crippen LogP contribution is 2.16. The Morgan fingerprint density at radius 1 is 1.21 bits per heavy atom. The van der Waals surface area contributed by atoms with Crippen LogP contribution in [0.2, 0.25) is 0 Å². The maximum atomic E-state index is 11.9. The van der Waals surface area contributed by atoms with Crippen LogP contribution in [-0.2, 0) is 9.53 Å². The average molecular weight is 222 g/mol. The standard InChI is InChI=1S/C6H4F6O2/c7-4(8)5(9)14-3(13)1-2-6(10,11)12/h1-2,4-5H. The van der Waals surface area contributed by atoms with Gasteiger partial charge >= 0.3 is 24.9 Å². The van der Waals surface area contributed by atoms with E-state index in [4.69, 9.17) is 0 Å². The largest absolute Gasteiger partial charge is 0.422 e. The molecule has 82 valence electrons. The maximum absolute atomic E-state index is 11.9. The van der Waals surface area contributed by atoms with Crippen LogP contribution in [0.3, 0.4) is 0 Å².